The Kier molecular flexibility index (Phi) is 5.25. The summed E-state index contributed by atoms with van der Waals surface area (Å²) in [5, 5.41) is 4.30. The van der Waals surface area contributed by atoms with Crippen LogP contribution in [0.5, 0.6) is 0 Å². The van der Waals surface area contributed by atoms with Crippen molar-refractivity contribution in [2.75, 3.05) is 6.54 Å². The fourth-order valence-electron chi connectivity index (χ4n) is 2.39. The third kappa shape index (κ3) is 3.25. The monoisotopic (exact) mass is 351 g/mol. The van der Waals surface area contributed by atoms with Crippen LogP contribution in [-0.2, 0) is 0 Å². The van der Waals surface area contributed by atoms with Crippen LogP contribution in [0.15, 0.2) is 40.9 Å². The molecule has 1 unspecified atom stereocenters. The summed E-state index contributed by atoms with van der Waals surface area (Å²) < 4.78 is 0.930. The molecule has 0 aliphatic carbocycles. The molecule has 2 rings (SSSR count). The molecule has 0 amide bonds. The summed E-state index contributed by atoms with van der Waals surface area (Å²) in [7, 11) is 0. The Balaban J connectivity index is 2.50. The molecule has 0 aliphatic heterocycles. The normalized spacial score (nSPS) is 12.4. The number of nitrogens with one attached hydrogen (secondary N) is 1. The average Bonchev–Trinajstić information content (AvgIpc) is 2.43. The quantitative estimate of drug-likeness (QED) is 0.775. The third-order valence-electron chi connectivity index (χ3n) is 3.64. The van der Waals surface area contributed by atoms with Gasteiger partial charge in [0.2, 0.25) is 0 Å². The zero-order valence-corrected chi connectivity index (χ0v) is 14.3. The molecule has 0 aromatic heterocycles. The second kappa shape index (κ2) is 6.75. The van der Waals surface area contributed by atoms with Crippen molar-refractivity contribution in [2.45, 2.75) is 26.8 Å². The van der Waals surface area contributed by atoms with Crippen LogP contribution in [0, 0.1) is 13.8 Å². The summed E-state index contributed by atoms with van der Waals surface area (Å²) in [5.41, 5.74) is 5.14. The van der Waals surface area contributed by atoms with Crippen LogP contribution in [-0.4, -0.2) is 6.54 Å². The highest BCUT2D eigenvalue weighted by atomic mass is 79.9. The Morgan fingerprint density at radius 2 is 1.95 bits per heavy atom. The van der Waals surface area contributed by atoms with Crippen LogP contribution in [0.4, 0.5) is 0 Å². The van der Waals surface area contributed by atoms with E-state index in [0.717, 1.165) is 16.0 Å². The lowest BCUT2D eigenvalue weighted by Gasteiger charge is -2.22. The second-order valence-corrected chi connectivity index (χ2v) is 6.21. The first-order chi connectivity index (χ1) is 9.54. The van der Waals surface area contributed by atoms with Gasteiger partial charge in [0.25, 0.3) is 0 Å². The second-order valence-electron chi connectivity index (χ2n) is 4.95. The molecule has 2 aromatic rings. The topological polar surface area (TPSA) is 12.0 Å². The molecule has 2 aromatic carbocycles. The number of hydrogen-bond donors (Lipinski definition) is 1. The first-order valence-corrected chi connectivity index (χ1v) is 7.96. The van der Waals surface area contributed by atoms with Gasteiger partial charge >= 0.3 is 0 Å². The van der Waals surface area contributed by atoms with Crippen molar-refractivity contribution in [3.63, 3.8) is 0 Å². The lowest BCUT2D eigenvalue weighted by Crippen LogP contribution is -2.23. The molecule has 0 aliphatic rings. The van der Waals surface area contributed by atoms with Crippen molar-refractivity contribution in [3.05, 3.63) is 68.1 Å². The van der Waals surface area contributed by atoms with E-state index in [1.807, 2.05) is 12.1 Å². The van der Waals surface area contributed by atoms with E-state index in [9.17, 15) is 0 Å². The molecule has 20 heavy (non-hydrogen) atoms. The van der Waals surface area contributed by atoms with Crippen molar-refractivity contribution >= 4 is 27.5 Å². The van der Waals surface area contributed by atoms with Crippen molar-refractivity contribution in [2.24, 2.45) is 0 Å². The highest BCUT2D eigenvalue weighted by Gasteiger charge is 2.16. The van der Waals surface area contributed by atoms with Gasteiger partial charge in [-0.15, -0.1) is 0 Å². The zero-order chi connectivity index (χ0) is 14.7. The highest BCUT2D eigenvalue weighted by molar-refractivity contribution is 9.10. The Morgan fingerprint density at radius 3 is 2.60 bits per heavy atom. The minimum atomic E-state index is 0.172. The van der Waals surface area contributed by atoms with Crippen LogP contribution in [0.2, 0.25) is 5.02 Å². The molecule has 1 atom stereocenters. The van der Waals surface area contributed by atoms with E-state index in [0.29, 0.717) is 0 Å². The smallest absolute Gasteiger partial charge is 0.0579 e. The van der Waals surface area contributed by atoms with Crippen LogP contribution in [0.1, 0.15) is 35.2 Å². The van der Waals surface area contributed by atoms with Crippen molar-refractivity contribution in [3.8, 4) is 0 Å². The van der Waals surface area contributed by atoms with Crippen molar-refractivity contribution in [1.29, 1.82) is 0 Å². The highest BCUT2D eigenvalue weighted by Crippen LogP contribution is 2.31. The molecular formula is C17H19BrClN. The number of rotatable bonds is 4. The minimum Gasteiger partial charge on any atom is -0.307 e. The van der Waals surface area contributed by atoms with Gasteiger partial charge in [0.1, 0.15) is 0 Å². The fourth-order valence-corrected chi connectivity index (χ4v) is 2.83. The predicted octanol–water partition coefficient (Wildman–Crippen LogP) is 5.42. The molecular weight excluding hydrogens is 334 g/mol. The maximum atomic E-state index is 6.24. The fraction of sp³-hybridized carbons (Fsp3) is 0.294. The average molecular weight is 353 g/mol. The Morgan fingerprint density at radius 1 is 1.20 bits per heavy atom. The number of hydrogen-bond acceptors (Lipinski definition) is 1. The first-order valence-electron chi connectivity index (χ1n) is 6.79. The summed E-state index contributed by atoms with van der Waals surface area (Å²) in [4.78, 5) is 0. The molecule has 0 spiro atoms. The summed E-state index contributed by atoms with van der Waals surface area (Å²) in [6, 6.07) is 12.8. The Bertz CT molecular complexity index is 610. The lowest BCUT2D eigenvalue weighted by atomic mass is 9.92. The molecule has 106 valence electrons. The number of halogens is 2. The SMILES string of the molecule is CCNC(c1ccc(Br)c(Cl)c1)c1cccc(C)c1C. The van der Waals surface area contributed by atoms with E-state index in [1.54, 1.807) is 0 Å². The molecule has 1 N–H and O–H groups in total. The van der Waals surface area contributed by atoms with Crippen molar-refractivity contribution < 1.29 is 0 Å². The van der Waals surface area contributed by atoms with Gasteiger partial charge in [-0.2, -0.15) is 0 Å². The standard InChI is InChI=1S/C17H19BrClN/c1-4-20-17(13-8-9-15(18)16(19)10-13)14-7-5-6-11(2)12(14)3/h5-10,17,20H,4H2,1-3H3. The van der Waals surface area contributed by atoms with Gasteiger partial charge in [-0.25, -0.2) is 0 Å². The largest absolute Gasteiger partial charge is 0.307 e. The van der Waals surface area contributed by atoms with Crippen LogP contribution < -0.4 is 5.32 Å². The summed E-state index contributed by atoms with van der Waals surface area (Å²) >= 11 is 9.69. The molecule has 1 nitrogen and oxygen atoms in total. The van der Waals surface area contributed by atoms with E-state index in [2.05, 4.69) is 66.3 Å². The molecule has 0 radical (unpaired) electrons. The van der Waals surface area contributed by atoms with E-state index >= 15 is 0 Å². The Hall–Kier alpha value is -0.830. The summed E-state index contributed by atoms with van der Waals surface area (Å²) in [6.45, 7) is 7.36. The predicted molar refractivity (Wildman–Crippen MR) is 90.6 cm³/mol. The number of aryl methyl sites for hydroxylation is 1. The molecule has 0 saturated carbocycles. The summed E-state index contributed by atoms with van der Waals surface area (Å²) in [5.74, 6) is 0. The van der Waals surface area contributed by atoms with Gasteiger partial charge in [0.05, 0.1) is 11.1 Å². The summed E-state index contributed by atoms with van der Waals surface area (Å²) in [6.07, 6.45) is 0. The van der Waals surface area contributed by atoms with Gasteiger partial charge in [-0.1, -0.05) is 42.8 Å². The van der Waals surface area contributed by atoms with Gasteiger partial charge in [-0.3, -0.25) is 0 Å². The molecule has 0 heterocycles. The van der Waals surface area contributed by atoms with E-state index in [-0.39, 0.29) is 6.04 Å². The van der Waals surface area contributed by atoms with Crippen LogP contribution >= 0.6 is 27.5 Å². The van der Waals surface area contributed by atoms with E-state index in [4.69, 9.17) is 11.6 Å². The molecule has 0 bridgehead atoms. The first kappa shape index (κ1) is 15.6. The van der Waals surface area contributed by atoms with Gasteiger partial charge in [-0.05, 0) is 70.7 Å². The lowest BCUT2D eigenvalue weighted by molar-refractivity contribution is 0.627. The maximum Gasteiger partial charge on any atom is 0.0579 e. The van der Waals surface area contributed by atoms with Crippen molar-refractivity contribution in [1.82, 2.24) is 5.32 Å². The molecule has 3 heteroatoms. The van der Waals surface area contributed by atoms with Gasteiger partial charge in [0.15, 0.2) is 0 Å². The maximum absolute atomic E-state index is 6.24. The van der Waals surface area contributed by atoms with Gasteiger partial charge < -0.3 is 5.32 Å². The van der Waals surface area contributed by atoms with Crippen LogP contribution in [0.3, 0.4) is 0 Å². The molecule has 0 fully saturated rings. The van der Waals surface area contributed by atoms with E-state index < -0.39 is 0 Å². The minimum absolute atomic E-state index is 0.172. The zero-order valence-electron chi connectivity index (χ0n) is 12.0. The third-order valence-corrected chi connectivity index (χ3v) is 4.88. The number of benzene rings is 2. The van der Waals surface area contributed by atoms with E-state index in [1.165, 1.54) is 22.3 Å². The van der Waals surface area contributed by atoms with Gasteiger partial charge in [0, 0.05) is 4.47 Å². The Labute approximate surface area is 134 Å². The van der Waals surface area contributed by atoms with Crippen LogP contribution in [0.25, 0.3) is 0 Å². The molecule has 0 saturated heterocycles.